The van der Waals surface area contributed by atoms with Gasteiger partial charge >= 0.3 is 0 Å². The van der Waals surface area contributed by atoms with E-state index in [0.717, 1.165) is 0 Å². The largest absolute Gasteiger partial charge is 0.0622 e. The van der Waals surface area contributed by atoms with Crippen molar-refractivity contribution in [3.05, 3.63) is 206 Å². The van der Waals surface area contributed by atoms with E-state index in [1.165, 1.54) is 98.7 Å². The molecular weight excluding hydrogens is 625 g/mol. The second-order valence-electron chi connectivity index (χ2n) is 13.7. The molecule has 0 saturated heterocycles. The van der Waals surface area contributed by atoms with Gasteiger partial charge in [0.25, 0.3) is 0 Å². The first-order valence-electron chi connectivity index (χ1n) is 18.0. The van der Waals surface area contributed by atoms with Crippen LogP contribution < -0.4 is 0 Å². The molecule has 0 aliphatic heterocycles. The summed E-state index contributed by atoms with van der Waals surface area (Å²) in [4.78, 5) is 0. The summed E-state index contributed by atoms with van der Waals surface area (Å²) in [5.41, 5.74) is 12.4. The molecule has 0 unspecified atom stereocenters. The van der Waals surface area contributed by atoms with Crippen LogP contribution in [0.3, 0.4) is 0 Å². The standard InChI is InChI=1S/C52H34/c1-2-11-35(12-3-1)41-27-29-45-33-42(28-30-44(45)32-41)37-21-24-38(25-22-37)51-47-17-6-8-19-49(47)52(50-20-9-7-18-48(50)51)46-16-10-15-40(34-46)43-26-23-36-13-4-5-14-39(36)31-43/h1-34H. The maximum atomic E-state index is 2.36. The predicted molar refractivity (Wildman–Crippen MR) is 224 cm³/mol. The van der Waals surface area contributed by atoms with Gasteiger partial charge in [0.2, 0.25) is 0 Å². The molecule has 0 bridgehead atoms. The van der Waals surface area contributed by atoms with Gasteiger partial charge in [-0.05, 0) is 123 Å². The summed E-state index contributed by atoms with van der Waals surface area (Å²) in [6.45, 7) is 0. The maximum absolute atomic E-state index is 2.36. The van der Waals surface area contributed by atoms with Crippen LogP contribution >= 0.6 is 0 Å². The van der Waals surface area contributed by atoms with Crippen LogP contribution in [0.4, 0.5) is 0 Å². The molecule has 0 N–H and O–H groups in total. The minimum absolute atomic E-state index is 1.22. The third-order valence-electron chi connectivity index (χ3n) is 10.6. The number of benzene rings is 10. The van der Waals surface area contributed by atoms with E-state index in [-0.39, 0.29) is 0 Å². The molecule has 0 spiro atoms. The van der Waals surface area contributed by atoms with E-state index in [1.807, 2.05) is 0 Å². The summed E-state index contributed by atoms with van der Waals surface area (Å²) in [5, 5.41) is 10.1. The highest BCUT2D eigenvalue weighted by Gasteiger charge is 2.17. The molecular formula is C52H34. The van der Waals surface area contributed by atoms with Crippen LogP contribution in [-0.2, 0) is 0 Å². The molecule has 52 heavy (non-hydrogen) atoms. The van der Waals surface area contributed by atoms with E-state index >= 15 is 0 Å². The molecule has 0 nitrogen and oxygen atoms in total. The van der Waals surface area contributed by atoms with Crippen molar-refractivity contribution in [2.24, 2.45) is 0 Å². The van der Waals surface area contributed by atoms with Crippen molar-refractivity contribution in [3.63, 3.8) is 0 Å². The van der Waals surface area contributed by atoms with Gasteiger partial charge in [-0.1, -0.05) is 182 Å². The normalized spacial score (nSPS) is 11.5. The van der Waals surface area contributed by atoms with Crippen LogP contribution in [0.1, 0.15) is 0 Å². The summed E-state index contributed by atoms with van der Waals surface area (Å²) >= 11 is 0. The molecule has 0 radical (unpaired) electrons. The Morgan fingerprint density at radius 2 is 0.519 bits per heavy atom. The van der Waals surface area contributed by atoms with Crippen molar-refractivity contribution >= 4 is 43.1 Å². The molecule has 10 aromatic rings. The van der Waals surface area contributed by atoms with Crippen LogP contribution in [-0.4, -0.2) is 0 Å². The lowest BCUT2D eigenvalue weighted by Crippen LogP contribution is -1.91. The van der Waals surface area contributed by atoms with Crippen molar-refractivity contribution in [1.82, 2.24) is 0 Å². The second-order valence-corrected chi connectivity index (χ2v) is 13.7. The molecule has 242 valence electrons. The van der Waals surface area contributed by atoms with Gasteiger partial charge in [0, 0.05) is 0 Å². The fourth-order valence-corrected chi connectivity index (χ4v) is 8.04. The highest BCUT2D eigenvalue weighted by Crippen LogP contribution is 2.44. The van der Waals surface area contributed by atoms with Crippen LogP contribution in [0.2, 0.25) is 0 Å². The van der Waals surface area contributed by atoms with Gasteiger partial charge in [0.15, 0.2) is 0 Å². The minimum atomic E-state index is 1.22. The van der Waals surface area contributed by atoms with Gasteiger partial charge in [-0.3, -0.25) is 0 Å². The Bertz CT molecular complexity index is 2880. The predicted octanol–water partition coefficient (Wildman–Crippen LogP) is 14.6. The van der Waals surface area contributed by atoms with Gasteiger partial charge in [-0.25, -0.2) is 0 Å². The van der Waals surface area contributed by atoms with E-state index in [2.05, 4.69) is 206 Å². The quantitative estimate of drug-likeness (QED) is 0.161. The van der Waals surface area contributed by atoms with Gasteiger partial charge in [-0.15, -0.1) is 0 Å². The molecule has 0 amide bonds. The first-order chi connectivity index (χ1) is 25.8. The summed E-state index contributed by atoms with van der Waals surface area (Å²) in [6, 6.07) is 75.5. The molecule has 0 heterocycles. The van der Waals surface area contributed by atoms with Gasteiger partial charge < -0.3 is 0 Å². The zero-order chi connectivity index (χ0) is 34.4. The van der Waals surface area contributed by atoms with Gasteiger partial charge in [-0.2, -0.15) is 0 Å². The number of hydrogen-bond acceptors (Lipinski definition) is 0. The fraction of sp³-hybridized carbons (Fsp3) is 0. The Morgan fingerprint density at radius 3 is 1.12 bits per heavy atom. The lowest BCUT2D eigenvalue weighted by Gasteiger charge is -2.18. The zero-order valence-corrected chi connectivity index (χ0v) is 28.6. The highest BCUT2D eigenvalue weighted by atomic mass is 14.2. The molecule has 0 aliphatic carbocycles. The zero-order valence-electron chi connectivity index (χ0n) is 28.6. The van der Waals surface area contributed by atoms with Gasteiger partial charge in [0.1, 0.15) is 0 Å². The average molecular weight is 659 g/mol. The number of hydrogen-bond donors (Lipinski definition) is 0. The Balaban J connectivity index is 1.06. The van der Waals surface area contributed by atoms with E-state index < -0.39 is 0 Å². The molecule has 10 aromatic carbocycles. The molecule has 0 atom stereocenters. The Hall–Kier alpha value is -6.76. The molecule has 0 aromatic heterocycles. The van der Waals surface area contributed by atoms with Crippen LogP contribution in [0.5, 0.6) is 0 Å². The smallest absolute Gasteiger partial charge is 0.00262 e. The summed E-state index contributed by atoms with van der Waals surface area (Å²) in [6.07, 6.45) is 0. The van der Waals surface area contributed by atoms with Crippen molar-refractivity contribution in [2.45, 2.75) is 0 Å². The van der Waals surface area contributed by atoms with Crippen molar-refractivity contribution < 1.29 is 0 Å². The van der Waals surface area contributed by atoms with Crippen molar-refractivity contribution in [2.75, 3.05) is 0 Å². The lowest BCUT2D eigenvalue weighted by atomic mass is 9.85. The topological polar surface area (TPSA) is 0 Å². The van der Waals surface area contributed by atoms with E-state index in [0.29, 0.717) is 0 Å². The third kappa shape index (κ3) is 5.25. The first-order valence-corrected chi connectivity index (χ1v) is 18.0. The second kappa shape index (κ2) is 12.5. The maximum Gasteiger partial charge on any atom is -0.00262 e. The number of rotatable bonds is 5. The summed E-state index contributed by atoms with van der Waals surface area (Å²) in [5.74, 6) is 0. The Kier molecular flexibility index (Phi) is 7.25. The van der Waals surface area contributed by atoms with Crippen LogP contribution in [0.25, 0.3) is 98.7 Å². The van der Waals surface area contributed by atoms with Crippen LogP contribution in [0.15, 0.2) is 206 Å². The third-order valence-corrected chi connectivity index (χ3v) is 10.6. The molecule has 0 heteroatoms. The lowest BCUT2D eigenvalue weighted by molar-refractivity contribution is 1.61. The van der Waals surface area contributed by atoms with Crippen molar-refractivity contribution in [1.29, 1.82) is 0 Å². The molecule has 0 saturated carbocycles. The summed E-state index contributed by atoms with van der Waals surface area (Å²) in [7, 11) is 0. The SMILES string of the molecule is c1ccc(-c2ccc3cc(-c4ccc(-c5c6ccccc6c(-c6cccc(-c7ccc8ccccc8c7)c6)c6ccccc56)cc4)ccc3c2)cc1. The molecule has 0 aliphatic rings. The fourth-order valence-electron chi connectivity index (χ4n) is 8.04. The highest BCUT2D eigenvalue weighted by molar-refractivity contribution is 6.21. The van der Waals surface area contributed by atoms with E-state index in [9.17, 15) is 0 Å². The Morgan fingerprint density at radius 1 is 0.173 bits per heavy atom. The average Bonchev–Trinajstić information content (AvgIpc) is 3.22. The van der Waals surface area contributed by atoms with Crippen LogP contribution in [0, 0.1) is 0 Å². The van der Waals surface area contributed by atoms with Crippen molar-refractivity contribution in [3.8, 4) is 55.6 Å². The minimum Gasteiger partial charge on any atom is -0.0622 e. The monoisotopic (exact) mass is 658 g/mol. The van der Waals surface area contributed by atoms with Gasteiger partial charge in [0.05, 0.1) is 0 Å². The molecule has 0 fully saturated rings. The number of fused-ring (bicyclic) bond motifs is 4. The molecule has 10 rings (SSSR count). The Labute approximate surface area is 303 Å². The van der Waals surface area contributed by atoms with E-state index in [4.69, 9.17) is 0 Å². The first kappa shape index (κ1) is 30.1. The summed E-state index contributed by atoms with van der Waals surface area (Å²) < 4.78 is 0. The van der Waals surface area contributed by atoms with E-state index in [1.54, 1.807) is 0 Å².